The molecule has 0 aliphatic carbocycles. The molecule has 0 spiro atoms. The number of hydrogen-bond acceptors (Lipinski definition) is 4. The maximum atomic E-state index is 13.7. The zero-order valence-corrected chi connectivity index (χ0v) is 14.4. The maximum absolute atomic E-state index is 13.7. The lowest BCUT2D eigenvalue weighted by molar-refractivity contribution is 0.102. The van der Waals surface area contributed by atoms with E-state index < -0.39 is 5.91 Å². The molecule has 4 nitrogen and oxygen atoms in total. The minimum Gasteiger partial charge on any atom is -0.296 e. The van der Waals surface area contributed by atoms with Gasteiger partial charge in [-0.15, -0.1) is 10.2 Å². The van der Waals surface area contributed by atoms with E-state index in [1.165, 1.54) is 29.5 Å². The van der Waals surface area contributed by atoms with Crippen LogP contribution in [0.15, 0.2) is 42.5 Å². The lowest BCUT2D eigenvalue weighted by Gasteiger charge is -2.03. The van der Waals surface area contributed by atoms with Crippen LogP contribution in [0.2, 0.25) is 10.0 Å². The van der Waals surface area contributed by atoms with E-state index in [4.69, 9.17) is 23.2 Å². The largest absolute Gasteiger partial charge is 0.296 e. The van der Waals surface area contributed by atoms with Crippen molar-refractivity contribution < 1.29 is 9.18 Å². The summed E-state index contributed by atoms with van der Waals surface area (Å²) in [6, 6.07) is 11.0. The van der Waals surface area contributed by atoms with E-state index in [9.17, 15) is 9.18 Å². The first-order valence-corrected chi connectivity index (χ1v) is 8.42. The molecule has 0 fully saturated rings. The highest BCUT2D eigenvalue weighted by Crippen LogP contribution is 2.24. The van der Waals surface area contributed by atoms with Gasteiger partial charge in [0.1, 0.15) is 10.8 Å². The highest BCUT2D eigenvalue weighted by Gasteiger charge is 2.14. The second kappa shape index (κ2) is 7.25. The van der Waals surface area contributed by atoms with Gasteiger partial charge in [0.2, 0.25) is 5.13 Å². The van der Waals surface area contributed by atoms with E-state index in [0.29, 0.717) is 27.1 Å². The Kier molecular flexibility index (Phi) is 5.08. The summed E-state index contributed by atoms with van der Waals surface area (Å²) >= 11 is 13.0. The Morgan fingerprint density at radius 3 is 2.71 bits per heavy atom. The predicted octanol–water partition coefficient (Wildman–Crippen LogP) is 4.83. The molecule has 0 aliphatic rings. The lowest BCUT2D eigenvalue weighted by atomic mass is 10.1. The van der Waals surface area contributed by atoms with Gasteiger partial charge in [-0.2, -0.15) is 0 Å². The van der Waals surface area contributed by atoms with Crippen molar-refractivity contribution in [2.75, 3.05) is 5.32 Å². The predicted molar refractivity (Wildman–Crippen MR) is 93.5 cm³/mol. The fourth-order valence-corrected chi connectivity index (χ4v) is 3.27. The van der Waals surface area contributed by atoms with Crippen molar-refractivity contribution in [1.82, 2.24) is 10.2 Å². The number of amides is 1. The SMILES string of the molecule is O=C(Nc1nnc(Cc2ccccc2F)s1)c1ccc(Cl)cc1Cl. The van der Waals surface area contributed by atoms with Crippen LogP contribution in [0, 0.1) is 5.82 Å². The van der Waals surface area contributed by atoms with Crippen molar-refractivity contribution in [2.24, 2.45) is 0 Å². The highest BCUT2D eigenvalue weighted by molar-refractivity contribution is 7.15. The Balaban J connectivity index is 1.72. The standard InChI is InChI=1S/C16H10Cl2FN3OS/c17-10-5-6-11(12(18)8-10)15(23)20-16-22-21-14(24-16)7-9-3-1-2-4-13(9)19/h1-6,8H,7H2,(H,20,22,23). The zero-order valence-electron chi connectivity index (χ0n) is 12.1. The average molecular weight is 382 g/mol. The molecular weight excluding hydrogens is 372 g/mol. The topological polar surface area (TPSA) is 54.9 Å². The average Bonchev–Trinajstić information content (AvgIpc) is 2.96. The summed E-state index contributed by atoms with van der Waals surface area (Å²) in [7, 11) is 0. The molecule has 1 N–H and O–H groups in total. The summed E-state index contributed by atoms with van der Waals surface area (Å²) < 4.78 is 13.7. The molecular formula is C16H10Cl2FN3OS. The third-order valence-electron chi connectivity index (χ3n) is 3.16. The Morgan fingerprint density at radius 2 is 1.96 bits per heavy atom. The quantitative estimate of drug-likeness (QED) is 0.704. The number of halogens is 3. The first kappa shape index (κ1) is 16.8. The van der Waals surface area contributed by atoms with E-state index in [-0.39, 0.29) is 16.4 Å². The molecule has 0 unspecified atom stereocenters. The maximum Gasteiger partial charge on any atom is 0.259 e. The van der Waals surface area contributed by atoms with Crippen LogP contribution in [0.3, 0.4) is 0 Å². The van der Waals surface area contributed by atoms with Gasteiger partial charge in [-0.25, -0.2) is 4.39 Å². The van der Waals surface area contributed by atoms with Gasteiger partial charge in [-0.05, 0) is 29.8 Å². The molecule has 122 valence electrons. The van der Waals surface area contributed by atoms with Gasteiger partial charge >= 0.3 is 0 Å². The van der Waals surface area contributed by atoms with Crippen molar-refractivity contribution in [3.63, 3.8) is 0 Å². The molecule has 3 rings (SSSR count). The molecule has 1 aromatic heterocycles. The molecule has 24 heavy (non-hydrogen) atoms. The fraction of sp³-hybridized carbons (Fsp3) is 0.0625. The molecule has 0 saturated heterocycles. The van der Waals surface area contributed by atoms with Crippen LogP contribution < -0.4 is 5.32 Å². The number of aromatic nitrogens is 2. The number of rotatable bonds is 4. The number of hydrogen-bond donors (Lipinski definition) is 1. The summed E-state index contributed by atoms with van der Waals surface area (Å²) in [6.07, 6.45) is 0.307. The Bertz CT molecular complexity index is 901. The van der Waals surface area contributed by atoms with Gasteiger partial charge in [0.05, 0.1) is 10.6 Å². The van der Waals surface area contributed by atoms with Crippen LogP contribution in [0.25, 0.3) is 0 Å². The molecule has 0 bridgehead atoms. The monoisotopic (exact) mass is 381 g/mol. The van der Waals surface area contributed by atoms with Crippen LogP contribution >= 0.6 is 34.5 Å². The third kappa shape index (κ3) is 3.90. The molecule has 0 radical (unpaired) electrons. The van der Waals surface area contributed by atoms with Gasteiger partial charge in [-0.1, -0.05) is 52.7 Å². The number of anilines is 1. The first-order chi connectivity index (χ1) is 11.5. The van der Waals surface area contributed by atoms with E-state index in [1.54, 1.807) is 24.3 Å². The number of carbonyl (C=O) groups is 1. The molecule has 3 aromatic rings. The van der Waals surface area contributed by atoms with Crippen molar-refractivity contribution in [1.29, 1.82) is 0 Å². The van der Waals surface area contributed by atoms with Crippen LogP contribution in [0.4, 0.5) is 9.52 Å². The fourth-order valence-electron chi connectivity index (χ4n) is 2.02. The minimum atomic E-state index is -0.412. The molecule has 0 atom stereocenters. The van der Waals surface area contributed by atoms with E-state index in [0.717, 1.165) is 0 Å². The van der Waals surface area contributed by atoms with Crippen molar-refractivity contribution >= 4 is 45.6 Å². The number of nitrogens with zero attached hydrogens (tertiary/aromatic N) is 2. The third-order valence-corrected chi connectivity index (χ3v) is 4.55. The van der Waals surface area contributed by atoms with Crippen LogP contribution in [-0.2, 0) is 6.42 Å². The summed E-state index contributed by atoms with van der Waals surface area (Å²) in [5.74, 6) is -0.712. The van der Waals surface area contributed by atoms with Crippen molar-refractivity contribution in [3.05, 3.63) is 74.5 Å². The zero-order chi connectivity index (χ0) is 17.1. The summed E-state index contributed by atoms with van der Waals surface area (Å²) in [5.41, 5.74) is 0.805. The number of benzene rings is 2. The summed E-state index contributed by atoms with van der Waals surface area (Å²) in [4.78, 5) is 12.2. The Hall–Kier alpha value is -2.02. The lowest BCUT2D eigenvalue weighted by Crippen LogP contribution is -2.12. The summed E-state index contributed by atoms with van der Waals surface area (Å²) in [6.45, 7) is 0. The van der Waals surface area contributed by atoms with Crippen LogP contribution in [-0.4, -0.2) is 16.1 Å². The van der Waals surface area contributed by atoms with Crippen LogP contribution in [0.1, 0.15) is 20.9 Å². The molecule has 8 heteroatoms. The minimum absolute atomic E-state index is 0.246. The number of nitrogens with one attached hydrogen (secondary N) is 1. The van der Waals surface area contributed by atoms with Crippen LogP contribution in [0.5, 0.6) is 0 Å². The normalized spacial score (nSPS) is 10.6. The first-order valence-electron chi connectivity index (χ1n) is 6.85. The van der Waals surface area contributed by atoms with E-state index in [1.807, 2.05) is 0 Å². The van der Waals surface area contributed by atoms with E-state index >= 15 is 0 Å². The number of carbonyl (C=O) groups excluding carboxylic acids is 1. The van der Waals surface area contributed by atoms with Gasteiger partial charge in [0.15, 0.2) is 0 Å². The molecule has 0 aliphatic heterocycles. The van der Waals surface area contributed by atoms with Gasteiger partial charge in [0, 0.05) is 11.4 Å². The second-order valence-electron chi connectivity index (χ2n) is 4.85. The Morgan fingerprint density at radius 1 is 1.17 bits per heavy atom. The Labute approximate surface area is 151 Å². The molecule has 2 aromatic carbocycles. The van der Waals surface area contributed by atoms with Gasteiger partial charge < -0.3 is 0 Å². The summed E-state index contributed by atoms with van der Waals surface area (Å²) in [5, 5.41) is 12.1. The molecule has 1 amide bonds. The van der Waals surface area contributed by atoms with Crippen molar-refractivity contribution in [3.8, 4) is 0 Å². The second-order valence-corrected chi connectivity index (χ2v) is 6.75. The molecule has 1 heterocycles. The molecule has 0 saturated carbocycles. The van der Waals surface area contributed by atoms with Crippen molar-refractivity contribution in [2.45, 2.75) is 6.42 Å². The van der Waals surface area contributed by atoms with E-state index in [2.05, 4.69) is 15.5 Å². The smallest absolute Gasteiger partial charge is 0.259 e. The van der Waals surface area contributed by atoms with Gasteiger partial charge in [0.25, 0.3) is 5.91 Å². The van der Waals surface area contributed by atoms with Gasteiger partial charge in [-0.3, -0.25) is 10.1 Å². The highest BCUT2D eigenvalue weighted by atomic mass is 35.5.